The Balaban J connectivity index is 2.52. The summed E-state index contributed by atoms with van der Waals surface area (Å²) in [6.07, 6.45) is -0.525. The summed E-state index contributed by atoms with van der Waals surface area (Å²) >= 11 is 0. The van der Waals surface area contributed by atoms with E-state index in [1.54, 1.807) is 0 Å². The highest BCUT2D eigenvalue weighted by Gasteiger charge is 2.06. The predicted octanol–water partition coefficient (Wildman–Crippen LogP) is 0.368. The summed E-state index contributed by atoms with van der Waals surface area (Å²) in [4.78, 5) is 2.01. The average molecular weight is 224 g/mol. The molecular weight excluding hydrogens is 204 g/mol. The molecule has 16 heavy (non-hydrogen) atoms. The normalized spacial score (nSPS) is 12.5. The second kappa shape index (κ2) is 6.48. The smallest absolute Gasteiger partial charge is 0.0914 e. The zero-order valence-electron chi connectivity index (χ0n) is 9.85. The zero-order chi connectivity index (χ0) is 12.0. The average Bonchev–Trinajstić information content (AvgIpc) is 2.29. The fourth-order valence-electron chi connectivity index (χ4n) is 1.43. The maximum absolute atomic E-state index is 9.82. The first-order valence-electron chi connectivity index (χ1n) is 5.42. The standard InChI is InChI=1S/C12H20N2O2/c1-14(2)11-5-3-10(4-6-11)12(16)9-13-7-8-15/h3-6,12-13,15-16H,7-9H2,1-2H3. The van der Waals surface area contributed by atoms with E-state index < -0.39 is 6.10 Å². The molecule has 0 radical (unpaired) electrons. The Morgan fingerprint density at radius 2 is 1.88 bits per heavy atom. The topological polar surface area (TPSA) is 55.7 Å². The Morgan fingerprint density at radius 1 is 1.25 bits per heavy atom. The van der Waals surface area contributed by atoms with Crippen LogP contribution in [0.15, 0.2) is 24.3 Å². The molecule has 0 aliphatic rings. The van der Waals surface area contributed by atoms with Crippen LogP contribution < -0.4 is 10.2 Å². The predicted molar refractivity (Wildman–Crippen MR) is 65.7 cm³/mol. The molecule has 4 heteroatoms. The largest absolute Gasteiger partial charge is 0.395 e. The molecule has 1 atom stereocenters. The van der Waals surface area contributed by atoms with Gasteiger partial charge in [-0.25, -0.2) is 0 Å². The number of aliphatic hydroxyl groups is 2. The third-order valence-electron chi connectivity index (χ3n) is 2.42. The molecule has 0 saturated heterocycles. The van der Waals surface area contributed by atoms with Crippen molar-refractivity contribution in [1.82, 2.24) is 5.32 Å². The maximum atomic E-state index is 9.82. The van der Waals surface area contributed by atoms with Crippen molar-refractivity contribution in [3.05, 3.63) is 29.8 Å². The van der Waals surface area contributed by atoms with E-state index in [9.17, 15) is 5.11 Å². The molecule has 1 unspecified atom stereocenters. The number of anilines is 1. The SMILES string of the molecule is CN(C)c1ccc(C(O)CNCCO)cc1. The van der Waals surface area contributed by atoms with Gasteiger partial charge in [0.15, 0.2) is 0 Å². The number of hydrogen-bond donors (Lipinski definition) is 3. The first-order chi connectivity index (χ1) is 7.65. The first kappa shape index (κ1) is 13.0. The van der Waals surface area contributed by atoms with Crippen molar-refractivity contribution in [3.63, 3.8) is 0 Å². The van der Waals surface area contributed by atoms with Gasteiger partial charge in [0.1, 0.15) is 0 Å². The Kier molecular flexibility index (Phi) is 5.25. The lowest BCUT2D eigenvalue weighted by molar-refractivity contribution is 0.171. The second-order valence-electron chi connectivity index (χ2n) is 3.93. The van der Waals surface area contributed by atoms with Gasteiger partial charge in [0, 0.05) is 32.9 Å². The molecule has 0 fully saturated rings. The molecule has 0 aromatic heterocycles. The van der Waals surface area contributed by atoms with Crippen LogP contribution in [0, 0.1) is 0 Å². The lowest BCUT2D eigenvalue weighted by atomic mass is 10.1. The highest BCUT2D eigenvalue weighted by Crippen LogP contribution is 2.17. The fourth-order valence-corrected chi connectivity index (χ4v) is 1.43. The first-order valence-corrected chi connectivity index (χ1v) is 5.42. The highest BCUT2D eigenvalue weighted by molar-refractivity contribution is 5.46. The van der Waals surface area contributed by atoms with E-state index in [1.807, 2.05) is 43.3 Å². The Morgan fingerprint density at radius 3 is 2.38 bits per heavy atom. The molecule has 0 bridgehead atoms. The van der Waals surface area contributed by atoms with Crippen LogP contribution in [0.3, 0.4) is 0 Å². The Labute approximate surface area is 96.5 Å². The zero-order valence-corrected chi connectivity index (χ0v) is 9.85. The van der Waals surface area contributed by atoms with Crippen molar-refractivity contribution < 1.29 is 10.2 Å². The van der Waals surface area contributed by atoms with Gasteiger partial charge < -0.3 is 20.4 Å². The molecule has 4 nitrogen and oxygen atoms in total. The van der Waals surface area contributed by atoms with Crippen LogP contribution >= 0.6 is 0 Å². The van der Waals surface area contributed by atoms with Crippen molar-refractivity contribution in [3.8, 4) is 0 Å². The van der Waals surface area contributed by atoms with E-state index in [2.05, 4.69) is 5.32 Å². The molecule has 0 aliphatic heterocycles. The van der Waals surface area contributed by atoms with E-state index in [0.717, 1.165) is 11.3 Å². The lowest BCUT2D eigenvalue weighted by Gasteiger charge is -2.15. The van der Waals surface area contributed by atoms with Gasteiger partial charge in [-0.15, -0.1) is 0 Å². The molecule has 0 aliphatic carbocycles. The molecule has 3 N–H and O–H groups in total. The molecule has 90 valence electrons. The Hall–Kier alpha value is -1.10. The highest BCUT2D eigenvalue weighted by atomic mass is 16.3. The lowest BCUT2D eigenvalue weighted by Crippen LogP contribution is -2.24. The third-order valence-corrected chi connectivity index (χ3v) is 2.42. The maximum Gasteiger partial charge on any atom is 0.0914 e. The summed E-state index contributed by atoms with van der Waals surface area (Å²) in [7, 11) is 3.96. The van der Waals surface area contributed by atoms with Crippen molar-refractivity contribution >= 4 is 5.69 Å². The fraction of sp³-hybridized carbons (Fsp3) is 0.500. The number of rotatable bonds is 6. The van der Waals surface area contributed by atoms with Gasteiger partial charge >= 0.3 is 0 Å². The van der Waals surface area contributed by atoms with Crippen molar-refractivity contribution in [2.75, 3.05) is 38.7 Å². The van der Waals surface area contributed by atoms with E-state index in [4.69, 9.17) is 5.11 Å². The van der Waals surface area contributed by atoms with Gasteiger partial charge in [0.05, 0.1) is 12.7 Å². The van der Waals surface area contributed by atoms with Crippen LogP contribution in [0.2, 0.25) is 0 Å². The van der Waals surface area contributed by atoms with Crippen LogP contribution in [0.4, 0.5) is 5.69 Å². The van der Waals surface area contributed by atoms with Gasteiger partial charge in [-0.05, 0) is 17.7 Å². The molecule has 0 heterocycles. The molecule has 1 rings (SSSR count). The van der Waals surface area contributed by atoms with Crippen molar-refractivity contribution in [1.29, 1.82) is 0 Å². The van der Waals surface area contributed by atoms with E-state index >= 15 is 0 Å². The van der Waals surface area contributed by atoms with Crippen LogP contribution in [-0.4, -0.2) is 44.0 Å². The van der Waals surface area contributed by atoms with Crippen LogP contribution in [-0.2, 0) is 0 Å². The van der Waals surface area contributed by atoms with E-state index in [1.165, 1.54) is 0 Å². The second-order valence-corrected chi connectivity index (χ2v) is 3.93. The number of nitrogens with zero attached hydrogens (tertiary/aromatic N) is 1. The van der Waals surface area contributed by atoms with Crippen molar-refractivity contribution in [2.24, 2.45) is 0 Å². The van der Waals surface area contributed by atoms with Gasteiger partial charge in [0.25, 0.3) is 0 Å². The number of hydrogen-bond acceptors (Lipinski definition) is 4. The quantitative estimate of drug-likeness (QED) is 0.611. The van der Waals surface area contributed by atoms with E-state index in [0.29, 0.717) is 13.1 Å². The van der Waals surface area contributed by atoms with Crippen LogP contribution in [0.1, 0.15) is 11.7 Å². The molecular formula is C12H20N2O2. The molecule has 1 aromatic rings. The number of nitrogens with one attached hydrogen (secondary N) is 1. The van der Waals surface area contributed by atoms with Gasteiger partial charge in [-0.2, -0.15) is 0 Å². The summed E-state index contributed by atoms with van der Waals surface area (Å²) in [5, 5.41) is 21.4. The molecule has 1 aromatic carbocycles. The molecule has 0 saturated carbocycles. The van der Waals surface area contributed by atoms with E-state index in [-0.39, 0.29) is 6.61 Å². The summed E-state index contributed by atoms with van der Waals surface area (Å²) in [6, 6.07) is 7.79. The minimum Gasteiger partial charge on any atom is -0.395 e. The van der Waals surface area contributed by atoms with Gasteiger partial charge in [-0.3, -0.25) is 0 Å². The minimum atomic E-state index is -0.525. The van der Waals surface area contributed by atoms with Crippen LogP contribution in [0.25, 0.3) is 0 Å². The molecule has 0 amide bonds. The summed E-state index contributed by atoms with van der Waals surface area (Å²) in [5.74, 6) is 0. The summed E-state index contributed by atoms with van der Waals surface area (Å²) in [5.41, 5.74) is 2.00. The summed E-state index contributed by atoms with van der Waals surface area (Å²) < 4.78 is 0. The molecule has 0 spiro atoms. The van der Waals surface area contributed by atoms with Gasteiger partial charge in [-0.1, -0.05) is 12.1 Å². The van der Waals surface area contributed by atoms with Gasteiger partial charge in [0.2, 0.25) is 0 Å². The Bertz CT molecular complexity index is 298. The minimum absolute atomic E-state index is 0.0896. The van der Waals surface area contributed by atoms with Crippen LogP contribution in [0.5, 0.6) is 0 Å². The number of aliphatic hydroxyl groups excluding tert-OH is 2. The monoisotopic (exact) mass is 224 g/mol. The van der Waals surface area contributed by atoms with Crippen molar-refractivity contribution in [2.45, 2.75) is 6.10 Å². The third kappa shape index (κ3) is 3.81. The summed E-state index contributed by atoms with van der Waals surface area (Å²) in [6.45, 7) is 1.06. The number of benzene rings is 1.